The average Bonchev–Trinajstić information content (AvgIpc) is 2.68. The van der Waals surface area contributed by atoms with Gasteiger partial charge in [0.2, 0.25) is 0 Å². The van der Waals surface area contributed by atoms with Gasteiger partial charge in [-0.15, -0.1) is 0 Å². The Morgan fingerprint density at radius 2 is 2.06 bits per heavy atom. The topological polar surface area (TPSA) is 63.6 Å². The van der Waals surface area contributed by atoms with Gasteiger partial charge in [0.05, 0.1) is 12.5 Å². The van der Waals surface area contributed by atoms with Crippen molar-refractivity contribution in [2.24, 2.45) is 17.3 Å². The van der Waals surface area contributed by atoms with Gasteiger partial charge in [0.1, 0.15) is 5.03 Å². The summed E-state index contributed by atoms with van der Waals surface area (Å²) < 4.78 is 4.71. The molecule has 0 aromatic carbocycles. The van der Waals surface area contributed by atoms with E-state index < -0.39 is 17.9 Å². The lowest BCUT2D eigenvalue weighted by Crippen LogP contribution is -2.04. The zero-order valence-electron chi connectivity index (χ0n) is 9.49. The van der Waals surface area contributed by atoms with Gasteiger partial charge >= 0.3 is 11.9 Å². The number of ether oxygens (including phenoxy) is 1. The van der Waals surface area contributed by atoms with Crippen molar-refractivity contribution in [2.45, 2.75) is 20.8 Å². The summed E-state index contributed by atoms with van der Waals surface area (Å²) in [4.78, 5) is 22.1. The summed E-state index contributed by atoms with van der Waals surface area (Å²) >= 11 is 5.74. The molecule has 1 saturated carbocycles. The summed E-state index contributed by atoms with van der Waals surface area (Å²) in [7, 11) is 0. The van der Waals surface area contributed by atoms with Crippen molar-refractivity contribution in [1.82, 2.24) is 0 Å². The molecule has 90 valence electrons. The molecule has 1 rings (SSSR count). The van der Waals surface area contributed by atoms with Crippen LogP contribution in [-0.4, -0.2) is 23.7 Å². The van der Waals surface area contributed by atoms with Crippen molar-refractivity contribution in [3.05, 3.63) is 11.1 Å². The largest absolute Gasteiger partial charge is 0.481 e. The lowest BCUT2D eigenvalue weighted by Gasteiger charge is -2.00. The van der Waals surface area contributed by atoms with Crippen LogP contribution in [0.5, 0.6) is 0 Å². The van der Waals surface area contributed by atoms with Gasteiger partial charge < -0.3 is 9.84 Å². The van der Waals surface area contributed by atoms with Crippen molar-refractivity contribution in [2.75, 3.05) is 6.61 Å². The Morgan fingerprint density at radius 3 is 2.44 bits per heavy atom. The summed E-state index contributed by atoms with van der Waals surface area (Å²) in [5.74, 6) is -2.15. The number of hydrogen-bond donors (Lipinski definition) is 1. The molecule has 0 bridgehead atoms. The van der Waals surface area contributed by atoms with Crippen LogP contribution >= 0.6 is 11.6 Å². The molecule has 0 radical (unpaired) electrons. The molecule has 1 N–H and O–H groups in total. The van der Waals surface area contributed by atoms with Crippen LogP contribution in [0.4, 0.5) is 0 Å². The molecule has 5 heteroatoms. The Balaban J connectivity index is 2.72. The summed E-state index contributed by atoms with van der Waals surface area (Å²) in [6.45, 7) is 5.60. The molecule has 1 fully saturated rings. The second-order valence-electron chi connectivity index (χ2n) is 4.40. The Labute approximate surface area is 99.2 Å². The van der Waals surface area contributed by atoms with E-state index in [-0.39, 0.29) is 23.0 Å². The maximum atomic E-state index is 11.2. The van der Waals surface area contributed by atoms with Gasteiger partial charge in [-0.2, -0.15) is 0 Å². The van der Waals surface area contributed by atoms with Gasteiger partial charge in [-0.25, -0.2) is 4.79 Å². The fourth-order valence-electron chi connectivity index (χ4n) is 1.89. The van der Waals surface area contributed by atoms with E-state index in [9.17, 15) is 9.59 Å². The number of carbonyl (C=O) groups is 2. The second kappa shape index (κ2) is 4.45. The molecule has 0 aromatic heterocycles. The van der Waals surface area contributed by atoms with Gasteiger partial charge in [-0.3, -0.25) is 4.79 Å². The molecule has 16 heavy (non-hydrogen) atoms. The molecule has 0 aliphatic heterocycles. The summed E-state index contributed by atoms with van der Waals surface area (Å²) in [5, 5.41) is 8.89. The summed E-state index contributed by atoms with van der Waals surface area (Å²) in [6.07, 6.45) is 1.48. The van der Waals surface area contributed by atoms with E-state index in [1.54, 1.807) is 6.92 Å². The van der Waals surface area contributed by atoms with Crippen LogP contribution in [0, 0.1) is 17.3 Å². The van der Waals surface area contributed by atoms with Crippen LogP contribution < -0.4 is 0 Å². The third-order valence-electron chi connectivity index (χ3n) is 2.97. The van der Waals surface area contributed by atoms with Gasteiger partial charge in [-0.1, -0.05) is 31.5 Å². The quantitative estimate of drug-likeness (QED) is 0.609. The monoisotopic (exact) mass is 246 g/mol. The first-order chi connectivity index (χ1) is 7.32. The van der Waals surface area contributed by atoms with Crippen molar-refractivity contribution in [3.8, 4) is 0 Å². The van der Waals surface area contributed by atoms with E-state index >= 15 is 0 Å². The van der Waals surface area contributed by atoms with Crippen LogP contribution in [0.1, 0.15) is 20.8 Å². The number of allylic oxidation sites excluding steroid dienone is 1. The van der Waals surface area contributed by atoms with Crippen LogP contribution in [0.15, 0.2) is 11.1 Å². The van der Waals surface area contributed by atoms with Crippen molar-refractivity contribution in [1.29, 1.82) is 0 Å². The number of rotatable bonds is 4. The van der Waals surface area contributed by atoms with Gasteiger partial charge in [0, 0.05) is 0 Å². The lowest BCUT2D eigenvalue weighted by atomic mass is 10.1. The normalized spacial score (nSPS) is 27.4. The average molecular weight is 247 g/mol. The first-order valence-corrected chi connectivity index (χ1v) is 5.47. The molecule has 2 atom stereocenters. The number of hydrogen-bond acceptors (Lipinski definition) is 3. The van der Waals surface area contributed by atoms with Crippen LogP contribution in [0.3, 0.4) is 0 Å². The van der Waals surface area contributed by atoms with Crippen molar-refractivity contribution in [3.63, 3.8) is 0 Å². The zero-order chi connectivity index (χ0) is 12.5. The fraction of sp³-hybridized carbons (Fsp3) is 0.636. The Bertz CT molecular complexity index is 346. The smallest absolute Gasteiger partial charge is 0.349 e. The van der Waals surface area contributed by atoms with E-state index in [0.717, 1.165) is 0 Å². The molecule has 2 unspecified atom stereocenters. The predicted molar refractivity (Wildman–Crippen MR) is 59.0 cm³/mol. The number of halogens is 1. The van der Waals surface area contributed by atoms with E-state index in [4.69, 9.17) is 21.4 Å². The van der Waals surface area contributed by atoms with Gasteiger partial charge in [0.15, 0.2) is 0 Å². The fourth-order valence-corrected chi connectivity index (χ4v) is 2.08. The molecular formula is C11H15ClO4. The van der Waals surface area contributed by atoms with Crippen LogP contribution in [-0.2, 0) is 14.3 Å². The molecule has 0 amide bonds. The SMILES string of the molecule is CCOC(=O)/C(Cl)=C\C1C(C(=O)O)C1(C)C. The third kappa shape index (κ3) is 2.38. The molecule has 0 saturated heterocycles. The molecule has 1 aliphatic rings. The number of carboxylic acid groups (broad SMARTS) is 1. The van der Waals surface area contributed by atoms with E-state index in [1.165, 1.54) is 6.08 Å². The molecule has 0 heterocycles. The van der Waals surface area contributed by atoms with Crippen molar-refractivity contribution < 1.29 is 19.4 Å². The Morgan fingerprint density at radius 1 is 1.50 bits per heavy atom. The highest BCUT2D eigenvalue weighted by molar-refractivity contribution is 6.41. The Kier molecular flexibility index (Phi) is 3.63. The summed E-state index contributed by atoms with van der Waals surface area (Å²) in [6, 6.07) is 0. The minimum Gasteiger partial charge on any atom is -0.481 e. The molecule has 0 aromatic rings. The van der Waals surface area contributed by atoms with Crippen LogP contribution in [0.2, 0.25) is 0 Å². The predicted octanol–water partition coefficient (Wildman–Crippen LogP) is 2.03. The number of esters is 1. The highest BCUT2D eigenvalue weighted by Crippen LogP contribution is 2.59. The minimum atomic E-state index is -0.862. The zero-order valence-corrected chi connectivity index (χ0v) is 10.2. The second-order valence-corrected chi connectivity index (χ2v) is 4.81. The highest BCUT2D eigenvalue weighted by Gasteiger charge is 2.61. The standard InChI is InChI=1S/C11H15ClO4/c1-4-16-10(15)7(12)5-6-8(9(13)14)11(6,2)3/h5-6,8H,4H2,1-3H3,(H,13,14)/b7-5+. The first kappa shape index (κ1) is 13.0. The lowest BCUT2D eigenvalue weighted by molar-refractivity contribution is -0.140. The first-order valence-electron chi connectivity index (χ1n) is 5.09. The maximum absolute atomic E-state index is 11.2. The number of carboxylic acids is 1. The van der Waals surface area contributed by atoms with Crippen molar-refractivity contribution >= 4 is 23.5 Å². The molecule has 0 spiro atoms. The summed E-state index contributed by atoms with van der Waals surface area (Å²) in [5.41, 5.74) is -0.349. The van der Waals surface area contributed by atoms with E-state index in [2.05, 4.69) is 0 Å². The van der Waals surface area contributed by atoms with Gasteiger partial charge in [0.25, 0.3) is 0 Å². The van der Waals surface area contributed by atoms with Crippen LogP contribution in [0.25, 0.3) is 0 Å². The molecular weight excluding hydrogens is 232 g/mol. The Hall–Kier alpha value is -1.03. The van der Waals surface area contributed by atoms with E-state index in [1.807, 2.05) is 13.8 Å². The number of carbonyl (C=O) groups excluding carboxylic acids is 1. The molecule has 4 nitrogen and oxygen atoms in total. The maximum Gasteiger partial charge on any atom is 0.349 e. The third-order valence-corrected chi connectivity index (χ3v) is 3.25. The number of aliphatic carboxylic acids is 1. The van der Waals surface area contributed by atoms with Gasteiger partial charge in [-0.05, 0) is 18.3 Å². The van der Waals surface area contributed by atoms with E-state index in [0.29, 0.717) is 0 Å². The minimum absolute atomic E-state index is 0.0383. The highest BCUT2D eigenvalue weighted by atomic mass is 35.5. The molecule has 1 aliphatic carbocycles.